The normalized spacial score (nSPS) is 18.7. The lowest BCUT2D eigenvalue weighted by molar-refractivity contribution is -0.124. The van der Waals surface area contributed by atoms with Crippen LogP contribution in [0.4, 0.5) is 10.1 Å². The lowest BCUT2D eigenvalue weighted by Gasteiger charge is -2.29. The molecule has 0 radical (unpaired) electrons. The number of benzene rings is 2. The number of nitrogens with one attached hydrogen (secondary N) is 3. The van der Waals surface area contributed by atoms with Gasteiger partial charge in [-0.1, -0.05) is 29.3 Å². The third kappa shape index (κ3) is 6.32. The summed E-state index contributed by atoms with van der Waals surface area (Å²) in [6, 6.07) is 10.4. The number of carbonyl (C=O) groups excluding carboxylic acids is 2. The Hall–Kier alpha value is -2.35. The molecule has 0 spiro atoms. The molecular weight excluding hydrogens is 420 g/mol. The Kier molecular flexibility index (Phi) is 7.30. The molecule has 2 amide bonds. The molecule has 6 nitrogen and oxygen atoms in total. The lowest BCUT2D eigenvalue weighted by Crippen LogP contribution is -2.53. The van der Waals surface area contributed by atoms with E-state index in [1.807, 2.05) is 0 Å². The maximum absolute atomic E-state index is 13.4. The molecule has 2 aromatic rings. The van der Waals surface area contributed by atoms with E-state index in [4.69, 9.17) is 27.9 Å². The van der Waals surface area contributed by atoms with Gasteiger partial charge in [0.25, 0.3) is 5.91 Å². The van der Waals surface area contributed by atoms with Gasteiger partial charge in [-0.2, -0.15) is 0 Å². The van der Waals surface area contributed by atoms with Gasteiger partial charge in [-0.05, 0) is 43.2 Å². The standard InChI is InChI=1S/C20H20Cl2FN3O3/c21-12-2-1-3-13(8-12)26-20(28)18-7-4-14(10-24-18)25-19(27)11-29-15-5-6-16(22)17(23)9-15/h1-3,5-6,8-9,14,18,24H,4,7,10-11H2,(H,25,27)(H,26,28)/t14-,18+/m0/s1. The Morgan fingerprint density at radius 1 is 1.17 bits per heavy atom. The molecule has 29 heavy (non-hydrogen) atoms. The minimum absolute atomic E-state index is 0.0102. The molecule has 1 aliphatic heterocycles. The van der Waals surface area contributed by atoms with Crippen LogP contribution in [0.1, 0.15) is 12.8 Å². The average molecular weight is 440 g/mol. The highest BCUT2D eigenvalue weighted by Crippen LogP contribution is 2.20. The van der Waals surface area contributed by atoms with Gasteiger partial charge in [-0.3, -0.25) is 9.59 Å². The summed E-state index contributed by atoms with van der Waals surface area (Å²) in [5, 5.41) is 9.33. The van der Waals surface area contributed by atoms with Crippen molar-refractivity contribution in [3.63, 3.8) is 0 Å². The summed E-state index contributed by atoms with van der Waals surface area (Å²) in [6.07, 6.45) is 1.21. The summed E-state index contributed by atoms with van der Waals surface area (Å²) < 4.78 is 18.7. The van der Waals surface area contributed by atoms with Crippen molar-refractivity contribution in [1.82, 2.24) is 10.6 Å². The number of carbonyl (C=O) groups is 2. The highest BCUT2D eigenvalue weighted by Gasteiger charge is 2.26. The van der Waals surface area contributed by atoms with Crippen LogP contribution in [0.25, 0.3) is 0 Å². The maximum atomic E-state index is 13.4. The van der Waals surface area contributed by atoms with E-state index in [1.54, 1.807) is 24.3 Å². The van der Waals surface area contributed by atoms with Gasteiger partial charge >= 0.3 is 0 Å². The molecule has 0 aromatic heterocycles. The molecule has 0 aliphatic carbocycles. The zero-order valence-electron chi connectivity index (χ0n) is 15.4. The molecule has 0 unspecified atom stereocenters. The second kappa shape index (κ2) is 9.91. The molecule has 2 atom stereocenters. The van der Waals surface area contributed by atoms with Crippen molar-refractivity contribution < 1.29 is 18.7 Å². The first-order chi connectivity index (χ1) is 13.9. The highest BCUT2D eigenvalue weighted by atomic mass is 35.5. The quantitative estimate of drug-likeness (QED) is 0.644. The summed E-state index contributed by atoms with van der Waals surface area (Å²) in [4.78, 5) is 24.4. The van der Waals surface area contributed by atoms with Gasteiger partial charge in [0.15, 0.2) is 6.61 Å². The van der Waals surface area contributed by atoms with Crippen LogP contribution >= 0.6 is 23.2 Å². The Morgan fingerprint density at radius 2 is 2.00 bits per heavy atom. The van der Waals surface area contributed by atoms with Crippen LogP contribution in [0.3, 0.4) is 0 Å². The van der Waals surface area contributed by atoms with E-state index in [-0.39, 0.29) is 41.3 Å². The second-order valence-electron chi connectivity index (χ2n) is 6.67. The van der Waals surface area contributed by atoms with Crippen molar-refractivity contribution in [2.75, 3.05) is 18.5 Å². The smallest absolute Gasteiger partial charge is 0.258 e. The van der Waals surface area contributed by atoms with Crippen LogP contribution in [0.15, 0.2) is 42.5 Å². The number of rotatable bonds is 6. The predicted octanol–water partition coefficient (Wildman–Crippen LogP) is 3.39. The van der Waals surface area contributed by atoms with Gasteiger partial charge in [-0.15, -0.1) is 0 Å². The third-order valence-corrected chi connectivity index (χ3v) is 4.99. The minimum Gasteiger partial charge on any atom is -0.484 e. The van der Waals surface area contributed by atoms with Gasteiger partial charge in [-0.25, -0.2) is 4.39 Å². The molecular formula is C20H20Cl2FN3O3. The van der Waals surface area contributed by atoms with Crippen LogP contribution in [0.5, 0.6) is 5.75 Å². The topological polar surface area (TPSA) is 79.5 Å². The summed E-state index contributed by atoms with van der Waals surface area (Å²) in [5.74, 6) is -0.858. The molecule has 2 aromatic carbocycles. The number of ether oxygens (including phenoxy) is 1. The molecule has 1 fully saturated rings. The first-order valence-electron chi connectivity index (χ1n) is 9.08. The Labute approximate surface area is 177 Å². The largest absolute Gasteiger partial charge is 0.484 e. The molecule has 1 heterocycles. The van der Waals surface area contributed by atoms with E-state index in [0.717, 1.165) is 6.07 Å². The maximum Gasteiger partial charge on any atom is 0.258 e. The van der Waals surface area contributed by atoms with E-state index in [0.29, 0.717) is 30.1 Å². The molecule has 3 rings (SSSR count). The number of hydrogen-bond donors (Lipinski definition) is 3. The number of anilines is 1. The number of halogens is 3. The SMILES string of the molecule is O=C(COc1ccc(Cl)c(F)c1)N[C@H]1CC[C@H](C(=O)Nc2cccc(Cl)c2)NC1. The molecule has 0 saturated carbocycles. The van der Waals surface area contributed by atoms with Crippen molar-refractivity contribution in [1.29, 1.82) is 0 Å². The summed E-state index contributed by atoms with van der Waals surface area (Å²) in [7, 11) is 0. The van der Waals surface area contributed by atoms with E-state index >= 15 is 0 Å². The van der Waals surface area contributed by atoms with Crippen LogP contribution in [0, 0.1) is 5.82 Å². The van der Waals surface area contributed by atoms with Crippen LogP contribution in [-0.4, -0.2) is 37.0 Å². The van der Waals surface area contributed by atoms with E-state index in [1.165, 1.54) is 12.1 Å². The second-order valence-corrected chi connectivity index (χ2v) is 7.51. The van der Waals surface area contributed by atoms with E-state index < -0.39 is 5.82 Å². The highest BCUT2D eigenvalue weighted by molar-refractivity contribution is 6.31. The van der Waals surface area contributed by atoms with Gasteiger partial charge in [0.2, 0.25) is 5.91 Å². The van der Waals surface area contributed by atoms with Crippen molar-refractivity contribution in [2.24, 2.45) is 0 Å². The Balaban J connectivity index is 1.40. The predicted molar refractivity (Wildman–Crippen MR) is 110 cm³/mol. The van der Waals surface area contributed by atoms with Crippen molar-refractivity contribution in [2.45, 2.75) is 24.9 Å². The molecule has 1 aliphatic rings. The summed E-state index contributed by atoms with van der Waals surface area (Å²) in [6.45, 7) is 0.213. The average Bonchev–Trinajstić information content (AvgIpc) is 2.69. The lowest BCUT2D eigenvalue weighted by atomic mass is 10.00. The molecule has 0 bridgehead atoms. The third-order valence-electron chi connectivity index (χ3n) is 4.45. The van der Waals surface area contributed by atoms with Crippen molar-refractivity contribution in [3.8, 4) is 5.75 Å². The number of piperidine rings is 1. The minimum atomic E-state index is -0.608. The van der Waals surface area contributed by atoms with Crippen LogP contribution < -0.4 is 20.7 Å². The monoisotopic (exact) mass is 439 g/mol. The Bertz CT molecular complexity index is 889. The van der Waals surface area contributed by atoms with Crippen molar-refractivity contribution >= 4 is 40.7 Å². The Morgan fingerprint density at radius 3 is 2.69 bits per heavy atom. The summed E-state index contributed by atoms with van der Waals surface area (Å²) in [5.41, 5.74) is 0.635. The first kappa shape index (κ1) is 21.4. The summed E-state index contributed by atoms with van der Waals surface area (Å²) >= 11 is 11.5. The van der Waals surface area contributed by atoms with Gasteiger partial charge < -0.3 is 20.7 Å². The molecule has 154 valence electrons. The van der Waals surface area contributed by atoms with Crippen LogP contribution in [0.2, 0.25) is 10.0 Å². The van der Waals surface area contributed by atoms with Crippen LogP contribution in [-0.2, 0) is 9.59 Å². The van der Waals surface area contributed by atoms with Crippen molar-refractivity contribution in [3.05, 3.63) is 58.3 Å². The first-order valence-corrected chi connectivity index (χ1v) is 9.83. The molecule has 1 saturated heterocycles. The fraction of sp³-hybridized carbons (Fsp3) is 0.300. The van der Waals surface area contributed by atoms with E-state index in [2.05, 4.69) is 16.0 Å². The van der Waals surface area contributed by atoms with Gasteiger partial charge in [0.05, 0.1) is 11.1 Å². The molecule has 9 heteroatoms. The van der Waals surface area contributed by atoms with E-state index in [9.17, 15) is 14.0 Å². The zero-order valence-corrected chi connectivity index (χ0v) is 16.9. The van der Waals surface area contributed by atoms with Gasteiger partial charge in [0, 0.05) is 29.4 Å². The number of hydrogen-bond acceptors (Lipinski definition) is 4. The van der Waals surface area contributed by atoms with Gasteiger partial charge in [0.1, 0.15) is 11.6 Å². The molecule has 3 N–H and O–H groups in total. The number of amides is 2. The fourth-order valence-corrected chi connectivity index (χ4v) is 3.29. The zero-order chi connectivity index (χ0) is 20.8. The fourth-order valence-electron chi connectivity index (χ4n) is 2.98.